The molecule has 1 unspecified atom stereocenters. The predicted octanol–water partition coefficient (Wildman–Crippen LogP) is 1.21. The van der Waals surface area contributed by atoms with E-state index in [2.05, 4.69) is 11.9 Å². The molecule has 1 heterocycles. The third-order valence-corrected chi connectivity index (χ3v) is 1.91. The summed E-state index contributed by atoms with van der Waals surface area (Å²) in [5, 5.41) is 2.04. The van der Waals surface area contributed by atoms with Gasteiger partial charge in [0.05, 0.1) is 11.2 Å². The highest BCUT2D eigenvalue weighted by Gasteiger charge is 2.02. The third kappa shape index (κ3) is 1.50. The topological polar surface area (TPSA) is 38.9 Å². The molecule has 0 saturated heterocycles. The van der Waals surface area contributed by atoms with Gasteiger partial charge < -0.3 is 5.73 Å². The van der Waals surface area contributed by atoms with Gasteiger partial charge in [-0.1, -0.05) is 6.92 Å². The van der Waals surface area contributed by atoms with Crippen molar-refractivity contribution < 1.29 is 0 Å². The average molecular weight is 142 g/mol. The lowest BCUT2D eigenvalue weighted by molar-refractivity contribution is 0.752. The van der Waals surface area contributed by atoms with Crippen LogP contribution in [0.25, 0.3) is 0 Å². The summed E-state index contributed by atoms with van der Waals surface area (Å²) in [5.41, 5.74) is 8.38. The quantitative estimate of drug-likeness (QED) is 0.674. The van der Waals surface area contributed by atoms with E-state index in [-0.39, 0.29) is 0 Å². The van der Waals surface area contributed by atoms with Crippen LogP contribution in [0.2, 0.25) is 0 Å². The number of aromatic nitrogens is 1. The molecule has 3 heteroatoms. The molecule has 0 amide bonds. The summed E-state index contributed by atoms with van der Waals surface area (Å²) in [6.45, 7) is 2.76. The Bertz CT molecular complexity index is 160. The molecule has 2 N–H and O–H groups in total. The highest BCUT2D eigenvalue weighted by molar-refractivity contribution is 7.07. The van der Waals surface area contributed by atoms with Crippen LogP contribution in [0.1, 0.15) is 18.5 Å². The van der Waals surface area contributed by atoms with Crippen molar-refractivity contribution in [2.24, 2.45) is 5.73 Å². The molecule has 0 fully saturated rings. The Morgan fingerprint density at radius 1 is 1.89 bits per heavy atom. The van der Waals surface area contributed by atoms with Gasteiger partial charge in [-0.05, 0) is 0 Å². The number of thiazole rings is 1. The maximum Gasteiger partial charge on any atom is 0.0794 e. The Morgan fingerprint density at radius 3 is 3.11 bits per heavy atom. The van der Waals surface area contributed by atoms with Crippen molar-refractivity contribution in [1.82, 2.24) is 4.98 Å². The minimum absolute atomic E-state index is 0.413. The molecule has 1 atom stereocenters. The van der Waals surface area contributed by atoms with Crippen molar-refractivity contribution >= 4 is 11.3 Å². The SMILES string of the molecule is CC(CN)c1cscn1. The summed E-state index contributed by atoms with van der Waals surface area (Å²) in [5.74, 6) is 0.413. The van der Waals surface area contributed by atoms with Gasteiger partial charge in [-0.15, -0.1) is 11.3 Å². The van der Waals surface area contributed by atoms with E-state index < -0.39 is 0 Å². The lowest BCUT2D eigenvalue weighted by atomic mass is 10.1. The van der Waals surface area contributed by atoms with Gasteiger partial charge in [-0.2, -0.15) is 0 Å². The first-order chi connectivity index (χ1) is 4.34. The second-order valence-corrected chi connectivity index (χ2v) is 2.77. The van der Waals surface area contributed by atoms with E-state index in [4.69, 9.17) is 5.73 Å². The summed E-state index contributed by atoms with van der Waals surface area (Å²) in [6, 6.07) is 0. The molecule has 0 aromatic carbocycles. The molecule has 2 nitrogen and oxygen atoms in total. The van der Waals surface area contributed by atoms with Crippen LogP contribution in [-0.2, 0) is 0 Å². The molecule has 50 valence electrons. The minimum atomic E-state index is 0.413. The Kier molecular flexibility index (Phi) is 2.19. The van der Waals surface area contributed by atoms with Crippen molar-refractivity contribution in [2.75, 3.05) is 6.54 Å². The zero-order valence-electron chi connectivity index (χ0n) is 5.37. The molecular formula is C6H10N2S. The molecule has 1 aromatic rings. The summed E-state index contributed by atoms with van der Waals surface area (Å²) >= 11 is 1.62. The van der Waals surface area contributed by atoms with Gasteiger partial charge in [0.15, 0.2) is 0 Å². The molecule has 0 aliphatic heterocycles. The average Bonchev–Trinajstić information content (AvgIpc) is 2.37. The van der Waals surface area contributed by atoms with Crippen molar-refractivity contribution in [1.29, 1.82) is 0 Å². The van der Waals surface area contributed by atoms with E-state index in [1.54, 1.807) is 11.3 Å². The fourth-order valence-corrected chi connectivity index (χ4v) is 1.26. The number of nitrogens with zero attached hydrogens (tertiary/aromatic N) is 1. The van der Waals surface area contributed by atoms with Crippen LogP contribution >= 0.6 is 11.3 Å². The van der Waals surface area contributed by atoms with E-state index in [0.717, 1.165) is 5.69 Å². The predicted molar refractivity (Wildman–Crippen MR) is 39.6 cm³/mol. The fraction of sp³-hybridized carbons (Fsp3) is 0.500. The van der Waals surface area contributed by atoms with Crippen LogP contribution in [0.15, 0.2) is 10.9 Å². The highest BCUT2D eigenvalue weighted by atomic mass is 32.1. The molecule has 0 bridgehead atoms. The summed E-state index contributed by atoms with van der Waals surface area (Å²) < 4.78 is 0. The summed E-state index contributed by atoms with van der Waals surface area (Å²) in [6.07, 6.45) is 0. The minimum Gasteiger partial charge on any atom is -0.330 e. The molecule has 0 radical (unpaired) electrons. The molecule has 1 rings (SSSR count). The largest absolute Gasteiger partial charge is 0.330 e. The van der Waals surface area contributed by atoms with Crippen LogP contribution in [0.4, 0.5) is 0 Å². The van der Waals surface area contributed by atoms with Crippen LogP contribution in [0, 0.1) is 0 Å². The second-order valence-electron chi connectivity index (χ2n) is 2.05. The first kappa shape index (κ1) is 6.71. The van der Waals surface area contributed by atoms with Crippen LogP contribution in [0.5, 0.6) is 0 Å². The number of rotatable bonds is 2. The zero-order chi connectivity index (χ0) is 6.69. The van der Waals surface area contributed by atoms with Gasteiger partial charge in [0.1, 0.15) is 0 Å². The van der Waals surface area contributed by atoms with Gasteiger partial charge in [0.25, 0.3) is 0 Å². The monoisotopic (exact) mass is 142 g/mol. The van der Waals surface area contributed by atoms with Gasteiger partial charge in [-0.3, -0.25) is 0 Å². The molecule has 9 heavy (non-hydrogen) atoms. The molecule has 0 aliphatic rings. The Morgan fingerprint density at radius 2 is 2.67 bits per heavy atom. The third-order valence-electron chi connectivity index (χ3n) is 1.31. The van der Waals surface area contributed by atoms with E-state index in [0.29, 0.717) is 12.5 Å². The molecule has 0 spiro atoms. The lowest BCUT2D eigenvalue weighted by Crippen LogP contribution is -2.08. The number of hydrogen-bond donors (Lipinski definition) is 1. The smallest absolute Gasteiger partial charge is 0.0794 e. The normalized spacial score (nSPS) is 13.6. The lowest BCUT2D eigenvalue weighted by Gasteiger charge is -2.01. The maximum atomic E-state index is 5.43. The van der Waals surface area contributed by atoms with Gasteiger partial charge >= 0.3 is 0 Å². The van der Waals surface area contributed by atoms with Crippen molar-refractivity contribution in [2.45, 2.75) is 12.8 Å². The second kappa shape index (κ2) is 2.94. The first-order valence-corrected chi connectivity index (χ1v) is 3.87. The number of hydrogen-bond acceptors (Lipinski definition) is 3. The number of nitrogens with two attached hydrogens (primary N) is 1. The zero-order valence-corrected chi connectivity index (χ0v) is 6.19. The molecular weight excluding hydrogens is 132 g/mol. The Hall–Kier alpha value is -0.410. The first-order valence-electron chi connectivity index (χ1n) is 2.92. The van der Waals surface area contributed by atoms with Crippen LogP contribution in [0.3, 0.4) is 0 Å². The van der Waals surface area contributed by atoms with Gasteiger partial charge in [-0.25, -0.2) is 4.98 Å². The Balaban J connectivity index is 2.65. The van der Waals surface area contributed by atoms with Crippen molar-refractivity contribution in [3.8, 4) is 0 Å². The van der Waals surface area contributed by atoms with Crippen LogP contribution in [-0.4, -0.2) is 11.5 Å². The van der Waals surface area contributed by atoms with E-state index in [1.165, 1.54) is 0 Å². The Labute approximate surface area is 58.7 Å². The van der Waals surface area contributed by atoms with Gasteiger partial charge in [0, 0.05) is 17.8 Å². The standard InChI is InChI=1S/C6H10N2S/c1-5(2-7)6-3-9-4-8-6/h3-5H,2,7H2,1H3. The van der Waals surface area contributed by atoms with Gasteiger partial charge in [0.2, 0.25) is 0 Å². The highest BCUT2D eigenvalue weighted by Crippen LogP contribution is 2.12. The van der Waals surface area contributed by atoms with E-state index >= 15 is 0 Å². The maximum absolute atomic E-state index is 5.43. The van der Waals surface area contributed by atoms with E-state index in [9.17, 15) is 0 Å². The van der Waals surface area contributed by atoms with Crippen LogP contribution < -0.4 is 5.73 Å². The summed E-state index contributed by atoms with van der Waals surface area (Å²) in [4.78, 5) is 4.13. The molecule has 0 aliphatic carbocycles. The van der Waals surface area contributed by atoms with E-state index in [1.807, 2.05) is 10.9 Å². The van der Waals surface area contributed by atoms with Crippen molar-refractivity contribution in [3.63, 3.8) is 0 Å². The summed E-state index contributed by atoms with van der Waals surface area (Å²) in [7, 11) is 0. The molecule has 1 aromatic heterocycles. The molecule has 0 saturated carbocycles. The van der Waals surface area contributed by atoms with Crippen molar-refractivity contribution in [3.05, 3.63) is 16.6 Å². The fourth-order valence-electron chi connectivity index (χ4n) is 0.586.